The van der Waals surface area contributed by atoms with Crippen molar-refractivity contribution in [1.82, 2.24) is 9.13 Å². The summed E-state index contributed by atoms with van der Waals surface area (Å²) in [5.74, 6) is 0.142. The van der Waals surface area contributed by atoms with Gasteiger partial charge in [0.1, 0.15) is 0 Å². The molecule has 0 aliphatic carbocycles. The van der Waals surface area contributed by atoms with Crippen LogP contribution in [0.3, 0.4) is 0 Å². The van der Waals surface area contributed by atoms with Crippen LogP contribution in [-0.4, -0.2) is 14.9 Å². The average molecular weight is 300 g/mol. The number of ketones is 1. The SMILES string of the molecule is CCCCCn1cccc1C(=O)c1cccn1CCCCC. The van der Waals surface area contributed by atoms with Gasteiger partial charge in [-0.1, -0.05) is 39.5 Å². The maximum Gasteiger partial charge on any atom is 0.225 e. The third-order valence-corrected chi connectivity index (χ3v) is 4.13. The zero-order valence-electron chi connectivity index (χ0n) is 13.9. The summed E-state index contributed by atoms with van der Waals surface area (Å²) < 4.78 is 4.20. The van der Waals surface area contributed by atoms with Crippen LogP contribution in [0.25, 0.3) is 0 Å². The van der Waals surface area contributed by atoms with E-state index < -0.39 is 0 Å². The third kappa shape index (κ3) is 4.12. The van der Waals surface area contributed by atoms with Crippen LogP contribution >= 0.6 is 0 Å². The van der Waals surface area contributed by atoms with Crippen molar-refractivity contribution in [2.75, 3.05) is 0 Å². The maximum absolute atomic E-state index is 12.8. The van der Waals surface area contributed by atoms with Gasteiger partial charge in [0.25, 0.3) is 0 Å². The Balaban J connectivity index is 2.08. The number of nitrogens with zero attached hydrogens (tertiary/aromatic N) is 2. The summed E-state index contributed by atoms with van der Waals surface area (Å²) in [6, 6.07) is 7.84. The van der Waals surface area contributed by atoms with E-state index in [1.807, 2.05) is 36.7 Å². The molecule has 0 spiro atoms. The number of hydrogen-bond donors (Lipinski definition) is 0. The van der Waals surface area contributed by atoms with Gasteiger partial charge in [-0.3, -0.25) is 4.79 Å². The normalized spacial score (nSPS) is 11.0. The predicted octanol–water partition coefficient (Wildman–Crippen LogP) is 4.90. The molecule has 120 valence electrons. The molecule has 0 aliphatic rings. The quantitative estimate of drug-likeness (QED) is 0.453. The van der Waals surface area contributed by atoms with Crippen LogP contribution in [0.5, 0.6) is 0 Å². The highest BCUT2D eigenvalue weighted by molar-refractivity contribution is 6.07. The van der Waals surface area contributed by atoms with Crippen LogP contribution < -0.4 is 0 Å². The van der Waals surface area contributed by atoms with E-state index in [1.54, 1.807) is 0 Å². The molecule has 0 amide bonds. The number of aromatic nitrogens is 2. The molecule has 3 nitrogen and oxygen atoms in total. The summed E-state index contributed by atoms with van der Waals surface area (Å²) in [7, 11) is 0. The largest absolute Gasteiger partial charge is 0.345 e. The molecule has 3 heteroatoms. The highest BCUT2D eigenvalue weighted by Gasteiger charge is 2.16. The van der Waals surface area contributed by atoms with Crippen LogP contribution in [0, 0.1) is 0 Å². The van der Waals surface area contributed by atoms with E-state index in [1.165, 1.54) is 25.7 Å². The van der Waals surface area contributed by atoms with Gasteiger partial charge in [0.05, 0.1) is 11.4 Å². The Bertz CT molecular complexity index is 530. The molecular formula is C19H28N2O. The molecule has 0 N–H and O–H groups in total. The van der Waals surface area contributed by atoms with Crippen LogP contribution in [0.15, 0.2) is 36.7 Å². The lowest BCUT2D eigenvalue weighted by Crippen LogP contribution is -2.14. The molecular weight excluding hydrogens is 272 g/mol. The van der Waals surface area contributed by atoms with Gasteiger partial charge in [0.2, 0.25) is 5.78 Å². The van der Waals surface area contributed by atoms with Crippen LogP contribution in [0.1, 0.15) is 68.6 Å². The second kappa shape index (κ2) is 8.62. The Kier molecular flexibility index (Phi) is 6.50. The lowest BCUT2D eigenvalue weighted by molar-refractivity contribution is 0.102. The van der Waals surface area contributed by atoms with E-state index in [0.717, 1.165) is 37.3 Å². The molecule has 0 radical (unpaired) electrons. The third-order valence-electron chi connectivity index (χ3n) is 4.13. The number of rotatable bonds is 10. The van der Waals surface area contributed by atoms with Gasteiger partial charge in [-0.15, -0.1) is 0 Å². The molecule has 0 atom stereocenters. The van der Waals surface area contributed by atoms with Crippen molar-refractivity contribution >= 4 is 5.78 Å². The molecule has 2 aromatic rings. The van der Waals surface area contributed by atoms with Crippen molar-refractivity contribution in [3.8, 4) is 0 Å². The van der Waals surface area contributed by atoms with Crippen molar-refractivity contribution in [1.29, 1.82) is 0 Å². The van der Waals surface area contributed by atoms with Crippen molar-refractivity contribution in [3.05, 3.63) is 48.0 Å². The number of carbonyl (C=O) groups excluding carboxylic acids is 1. The smallest absolute Gasteiger partial charge is 0.225 e. The minimum Gasteiger partial charge on any atom is -0.345 e. The van der Waals surface area contributed by atoms with Gasteiger partial charge in [0, 0.05) is 25.5 Å². The Hall–Kier alpha value is -1.77. The summed E-state index contributed by atoms with van der Waals surface area (Å²) in [5.41, 5.74) is 1.62. The lowest BCUT2D eigenvalue weighted by atomic mass is 10.2. The molecule has 2 heterocycles. The first-order valence-corrected chi connectivity index (χ1v) is 8.63. The minimum absolute atomic E-state index is 0.142. The summed E-state index contributed by atoms with van der Waals surface area (Å²) in [5, 5.41) is 0. The Labute approximate surface area is 134 Å². The summed E-state index contributed by atoms with van der Waals surface area (Å²) >= 11 is 0. The van der Waals surface area contributed by atoms with Gasteiger partial charge in [-0.2, -0.15) is 0 Å². The standard InChI is InChI=1S/C19H28N2O/c1-3-5-7-13-20-15-9-11-17(20)19(22)18-12-10-16-21(18)14-8-6-4-2/h9-12,15-16H,3-8,13-14H2,1-2H3. The maximum atomic E-state index is 12.8. The van der Waals surface area contributed by atoms with E-state index in [0.29, 0.717) is 0 Å². The van der Waals surface area contributed by atoms with Gasteiger partial charge in [-0.05, 0) is 37.1 Å². The Morgan fingerprint density at radius 1 is 0.818 bits per heavy atom. The van der Waals surface area contributed by atoms with Crippen molar-refractivity contribution in [2.45, 2.75) is 65.5 Å². The first-order valence-electron chi connectivity index (χ1n) is 8.63. The highest BCUT2D eigenvalue weighted by Crippen LogP contribution is 2.14. The second-order valence-electron chi connectivity index (χ2n) is 5.92. The zero-order valence-corrected chi connectivity index (χ0v) is 13.9. The van der Waals surface area contributed by atoms with Gasteiger partial charge in [-0.25, -0.2) is 0 Å². The van der Waals surface area contributed by atoms with Crippen LogP contribution in [-0.2, 0) is 13.1 Å². The summed E-state index contributed by atoms with van der Waals surface area (Å²) in [6.45, 7) is 6.26. The molecule has 2 aromatic heterocycles. The van der Waals surface area contributed by atoms with Crippen LogP contribution in [0.4, 0.5) is 0 Å². The first-order chi connectivity index (χ1) is 10.8. The highest BCUT2D eigenvalue weighted by atomic mass is 16.1. The van der Waals surface area contributed by atoms with E-state index in [2.05, 4.69) is 23.0 Å². The monoisotopic (exact) mass is 300 g/mol. The molecule has 22 heavy (non-hydrogen) atoms. The zero-order chi connectivity index (χ0) is 15.8. The predicted molar refractivity (Wildman–Crippen MR) is 91.3 cm³/mol. The Morgan fingerprint density at radius 3 is 1.68 bits per heavy atom. The number of aryl methyl sites for hydroxylation is 2. The van der Waals surface area contributed by atoms with Crippen molar-refractivity contribution in [2.24, 2.45) is 0 Å². The minimum atomic E-state index is 0.142. The molecule has 0 aromatic carbocycles. The van der Waals surface area contributed by atoms with E-state index in [9.17, 15) is 4.79 Å². The molecule has 0 bridgehead atoms. The molecule has 0 saturated heterocycles. The second-order valence-corrected chi connectivity index (χ2v) is 5.92. The van der Waals surface area contributed by atoms with E-state index in [4.69, 9.17) is 0 Å². The molecule has 0 fully saturated rings. The van der Waals surface area contributed by atoms with Gasteiger partial charge in [0.15, 0.2) is 0 Å². The first kappa shape index (κ1) is 16.6. The van der Waals surface area contributed by atoms with Crippen molar-refractivity contribution in [3.63, 3.8) is 0 Å². The summed E-state index contributed by atoms with van der Waals surface area (Å²) in [4.78, 5) is 12.8. The number of hydrogen-bond acceptors (Lipinski definition) is 1. The number of unbranched alkanes of at least 4 members (excludes halogenated alkanes) is 4. The topological polar surface area (TPSA) is 26.9 Å². The fourth-order valence-corrected chi connectivity index (χ4v) is 2.83. The molecule has 2 rings (SSSR count). The average Bonchev–Trinajstić information content (AvgIpc) is 3.16. The van der Waals surface area contributed by atoms with Crippen molar-refractivity contribution < 1.29 is 4.79 Å². The van der Waals surface area contributed by atoms with Gasteiger partial charge >= 0.3 is 0 Å². The molecule has 0 saturated carbocycles. The number of carbonyl (C=O) groups is 1. The van der Waals surface area contributed by atoms with Gasteiger partial charge < -0.3 is 9.13 Å². The Morgan fingerprint density at radius 2 is 1.27 bits per heavy atom. The van der Waals surface area contributed by atoms with E-state index >= 15 is 0 Å². The fraction of sp³-hybridized carbons (Fsp3) is 0.526. The van der Waals surface area contributed by atoms with E-state index in [-0.39, 0.29) is 5.78 Å². The summed E-state index contributed by atoms with van der Waals surface area (Å²) in [6.07, 6.45) is 11.1. The van der Waals surface area contributed by atoms with Crippen LogP contribution in [0.2, 0.25) is 0 Å². The lowest BCUT2D eigenvalue weighted by Gasteiger charge is -2.11. The molecule has 0 aliphatic heterocycles. The fourth-order valence-electron chi connectivity index (χ4n) is 2.83. The molecule has 0 unspecified atom stereocenters.